The molecule has 2 aromatic carbocycles. The van der Waals surface area contributed by atoms with Crippen LogP contribution < -0.4 is 20.1 Å². The fraction of sp³-hybridized carbons (Fsp3) is 0.200. The topological polar surface area (TPSA) is 92.5 Å². The predicted octanol–water partition coefficient (Wildman–Crippen LogP) is 1.87. The lowest BCUT2D eigenvalue weighted by Gasteiger charge is -2.07. The van der Waals surface area contributed by atoms with Crippen molar-refractivity contribution in [1.82, 2.24) is 15.6 Å². The fourth-order valence-corrected chi connectivity index (χ4v) is 3.04. The van der Waals surface area contributed by atoms with Crippen LogP contribution in [0.3, 0.4) is 0 Å². The molecule has 1 aliphatic heterocycles. The van der Waals surface area contributed by atoms with Crippen molar-refractivity contribution >= 4 is 22.7 Å². The molecular formula is C20H19N3O4. The molecule has 0 atom stereocenters. The number of carbonyl (C=O) groups excluding carboxylic acids is 2. The molecule has 2 heterocycles. The normalized spacial score (nSPS) is 12.1. The Kier molecular flexibility index (Phi) is 4.65. The van der Waals surface area contributed by atoms with Crippen molar-refractivity contribution in [1.29, 1.82) is 0 Å². The lowest BCUT2D eigenvalue weighted by Crippen LogP contribution is -2.40. The van der Waals surface area contributed by atoms with Crippen LogP contribution in [0, 0.1) is 0 Å². The first-order valence-corrected chi connectivity index (χ1v) is 8.70. The summed E-state index contributed by atoms with van der Waals surface area (Å²) in [6.45, 7) is 0.827. The summed E-state index contributed by atoms with van der Waals surface area (Å²) in [5.74, 6) is 0.0206. The van der Waals surface area contributed by atoms with Gasteiger partial charge < -0.3 is 25.1 Å². The van der Waals surface area contributed by atoms with E-state index in [1.54, 1.807) is 12.1 Å². The third-order valence-corrected chi connectivity index (χ3v) is 4.45. The Hall–Kier alpha value is -3.48. The van der Waals surface area contributed by atoms with Crippen molar-refractivity contribution in [2.45, 2.75) is 13.0 Å². The smallest absolute Gasteiger partial charge is 0.309 e. The Morgan fingerprint density at radius 1 is 1.00 bits per heavy atom. The summed E-state index contributed by atoms with van der Waals surface area (Å²) in [7, 11) is 0. The van der Waals surface area contributed by atoms with E-state index in [4.69, 9.17) is 9.47 Å². The molecule has 138 valence electrons. The standard InChI is InChI=1S/C20H19N3O4/c24-19(21-8-7-14-11-22-16-4-2-1-3-15(14)16)20(25)23-10-13-5-6-17-18(9-13)27-12-26-17/h1-6,9,11,22H,7-8,10,12H2,(H,21,24)(H,23,25). The summed E-state index contributed by atoms with van der Waals surface area (Å²) >= 11 is 0. The number of carbonyl (C=O) groups is 2. The first-order valence-electron chi connectivity index (χ1n) is 8.70. The first kappa shape index (κ1) is 17.0. The van der Waals surface area contributed by atoms with E-state index in [1.807, 2.05) is 36.5 Å². The van der Waals surface area contributed by atoms with Crippen molar-refractivity contribution in [2.75, 3.05) is 13.3 Å². The monoisotopic (exact) mass is 365 g/mol. The molecule has 0 bridgehead atoms. The van der Waals surface area contributed by atoms with Crippen LogP contribution in [0.1, 0.15) is 11.1 Å². The lowest BCUT2D eigenvalue weighted by atomic mass is 10.1. The van der Waals surface area contributed by atoms with Gasteiger partial charge in [0.05, 0.1) is 0 Å². The largest absolute Gasteiger partial charge is 0.454 e. The van der Waals surface area contributed by atoms with E-state index in [2.05, 4.69) is 15.6 Å². The summed E-state index contributed by atoms with van der Waals surface area (Å²) in [5, 5.41) is 6.39. The van der Waals surface area contributed by atoms with Crippen molar-refractivity contribution < 1.29 is 19.1 Å². The highest BCUT2D eigenvalue weighted by Gasteiger charge is 2.15. The van der Waals surface area contributed by atoms with Gasteiger partial charge in [-0.15, -0.1) is 0 Å². The van der Waals surface area contributed by atoms with E-state index in [0.717, 1.165) is 22.0 Å². The summed E-state index contributed by atoms with van der Waals surface area (Å²) in [5.41, 5.74) is 2.99. The highest BCUT2D eigenvalue weighted by molar-refractivity contribution is 6.35. The van der Waals surface area contributed by atoms with Crippen molar-refractivity contribution in [3.63, 3.8) is 0 Å². The summed E-state index contributed by atoms with van der Waals surface area (Å²) in [6, 6.07) is 13.4. The van der Waals surface area contributed by atoms with Gasteiger partial charge in [0.25, 0.3) is 0 Å². The highest BCUT2D eigenvalue weighted by Crippen LogP contribution is 2.32. The molecule has 0 spiro atoms. The maximum atomic E-state index is 12.0. The maximum absolute atomic E-state index is 12.0. The molecule has 1 aliphatic rings. The second-order valence-electron chi connectivity index (χ2n) is 6.24. The van der Waals surface area contributed by atoms with Crippen molar-refractivity contribution in [3.8, 4) is 11.5 Å². The van der Waals surface area contributed by atoms with Crippen LogP contribution in [0.4, 0.5) is 0 Å². The number of nitrogens with one attached hydrogen (secondary N) is 3. The zero-order valence-corrected chi connectivity index (χ0v) is 14.6. The van der Waals surface area contributed by atoms with Crippen molar-refractivity contribution in [2.24, 2.45) is 0 Å². The number of para-hydroxylation sites is 1. The molecule has 2 amide bonds. The van der Waals surface area contributed by atoms with Gasteiger partial charge in [-0.05, 0) is 35.7 Å². The number of amides is 2. The molecule has 3 N–H and O–H groups in total. The van der Waals surface area contributed by atoms with Crippen LogP contribution >= 0.6 is 0 Å². The Morgan fingerprint density at radius 2 is 1.81 bits per heavy atom. The molecule has 27 heavy (non-hydrogen) atoms. The second kappa shape index (κ2) is 7.41. The lowest BCUT2D eigenvalue weighted by molar-refractivity contribution is -0.139. The second-order valence-corrected chi connectivity index (χ2v) is 6.24. The molecule has 3 aromatic rings. The highest BCUT2D eigenvalue weighted by atomic mass is 16.7. The number of hydrogen-bond donors (Lipinski definition) is 3. The number of hydrogen-bond acceptors (Lipinski definition) is 4. The first-order chi connectivity index (χ1) is 13.2. The van der Waals surface area contributed by atoms with Gasteiger partial charge in [0.2, 0.25) is 6.79 Å². The molecule has 7 nitrogen and oxygen atoms in total. The van der Waals surface area contributed by atoms with E-state index in [0.29, 0.717) is 24.5 Å². The number of benzene rings is 2. The van der Waals surface area contributed by atoms with E-state index < -0.39 is 11.8 Å². The Bertz CT molecular complexity index is 996. The van der Waals surface area contributed by atoms with Gasteiger partial charge in [-0.25, -0.2) is 0 Å². The Balaban J connectivity index is 1.25. The molecule has 0 radical (unpaired) electrons. The van der Waals surface area contributed by atoms with Gasteiger partial charge in [0, 0.05) is 30.2 Å². The minimum absolute atomic E-state index is 0.198. The third kappa shape index (κ3) is 3.72. The minimum atomic E-state index is -0.661. The van der Waals surface area contributed by atoms with Gasteiger partial charge in [-0.2, -0.15) is 0 Å². The third-order valence-electron chi connectivity index (χ3n) is 4.45. The van der Waals surface area contributed by atoms with Crippen LogP contribution in [0.5, 0.6) is 11.5 Å². The van der Waals surface area contributed by atoms with E-state index in [1.165, 1.54) is 0 Å². The van der Waals surface area contributed by atoms with Crippen LogP contribution in [-0.4, -0.2) is 30.1 Å². The summed E-state index contributed by atoms with van der Waals surface area (Å²) < 4.78 is 10.5. The molecular weight excluding hydrogens is 346 g/mol. The number of H-pyrrole nitrogens is 1. The number of rotatable bonds is 5. The number of aromatic amines is 1. The van der Waals surface area contributed by atoms with Gasteiger partial charge >= 0.3 is 11.8 Å². The molecule has 0 aliphatic carbocycles. The molecule has 0 saturated carbocycles. The minimum Gasteiger partial charge on any atom is -0.454 e. The molecule has 0 fully saturated rings. The van der Waals surface area contributed by atoms with Gasteiger partial charge in [-0.3, -0.25) is 9.59 Å². The summed E-state index contributed by atoms with van der Waals surface area (Å²) in [6.07, 6.45) is 2.57. The zero-order valence-electron chi connectivity index (χ0n) is 14.6. The quantitative estimate of drug-likeness (QED) is 0.602. The van der Waals surface area contributed by atoms with Crippen LogP contribution in [0.15, 0.2) is 48.7 Å². The van der Waals surface area contributed by atoms with Gasteiger partial charge in [-0.1, -0.05) is 24.3 Å². The van der Waals surface area contributed by atoms with Crippen LogP contribution in [-0.2, 0) is 22.6 Å². The summed E-state index contributed by atoms with van der Waals surface area (Å²) in [4.78, 5) is 27.1. The molecule has 0 saturated heterocycles. The molecule has 1 aromatic heterocycles. The van der Waals surface area contributed by atoms with Gasteiger partial charge in [0.1, 0.15) is 0 Å². The molecule has 0 unspecified atom stereocenters. The predicted molar refractivity (Wildman–Crippen MR) is 99.4 cm³/mol. The SMILES string of the molecule is O=C(NCCc1c[nH]c2ccccc12)C(=O)NCc1ccc2c(c1)OCO2. The number of fused-ring (bicyclic) bond motifs is 2. The Morgan fingerprint density at radius 3 is 2.74 bits per heavy atom. The fourth-order valence-electron chi connectivity index (χ4n) is 3.04. The van der Waals surface area contributed by atoms with E-state index >= 15 is 0 Å². The van der Waals surface area contributed by atoms with Gasteiger partial charge in [0.15, 0.2) is 11.5 Å². The zero-order chi connectivity index (χ0) is 18.6. The van der Waals surface area contributed by atoms with Crippen molar-refractivity contribution in [3.05, 3.63) is 59.8 Å². The molecule has 4 rings (SSSR count). The van der Waals surface area contributed by atoms with E-state index in [9.17, 15) is 9.59 Å². The van der Waals surface area contributed by atoms with Crippen LogP contribution in [0.25, 0.3) is 10.9 Å². The van der Waals surface area contributed by atoms with Crippen LogP contribution in [0.2, 0.25) is 0 Å². The van der Waals surface area contributed by atoms with E-state index in [-0.39, 0.29) is 13.3 Å². The average molecular weight is 365 g/mol. The molecule has 7 heteroatoms. The maximum Gasteiger partial charge on any atom is 0.309 e. The number of aromatic nitrogens is 1. The number of ether oxygens (including phenoxy) is 2. The average Bonchev–Trinajstić information content (AvgIpc) is 3.32. The Labute approximate surface area is 155 Å².